The Labute approximate surface area is 276 Å². The van der Waals surface area contributed by atoms with Crippen LogP contribution in [0, 0.1) is 0 Å². The fourth-order valence-corrected chi connectivity index (χ4v) is 8.04. The van der Waals surface area contributed by atoms with Crippen LogP contribution in [0.15, 0.2) is 77.7 Å². The molecule has 46 heavy (non-hydrogen) atoms. The molecule has 1 saturated heterocycles. The third-order valence-electron chi connectivity index (χ3n) is 8.54. The molecule has 0 unspecified atom stereocenters. The number of sulfonamides is 2. The Balaban J connectivity index is 1.24. The SMILES string of the molecule is CS(=O)(=O)N1CCc2c(c(-c3ccc(Cl)c(-c4ccc(CNS(=O)(=O)c5ccccc5)cc4)c3)nn2CCCN2CCOCC2)C1. The Bertz CT molecular complexity index is 1890. The minimum Gasteiger partial charge on any atom is -0.379 e. The molecule has 4 aromatic rings. The third kappa shape index (κ3) is 7.54. The Hall–Kier alpha value is -3.10. The van der Waals surface area contributed by atoms with Crippen LogP contribution in [-0.4, -0.2) is 81.5 Å². The lowest BCUT2D eigenvalue weighted by Gasteiger charge is -2.27. The van der Waals surface area contributed by atoms with Crippen LogP contribution in [0.4, 0.5) is 0 Å². The molecule has 0 aliphatic carbocycles. The van der Waals surface area contributed by atoms with Gasteiger partial charge in [-0.1, -0.05) is 60.1 Å². The number of morpholine rings is 1. The van der Waals surface area contributed by atoms with Crippen LogP contribution in [0.5, 0.6) is 0 Å². The first-order chi connectivity index (χ1) is 22.1. The molecule has 13 heteroatoms. The largest absolute Gasteiger partial charge is 0.379 e. The van der Waals surface area contributed by atoms with Crippen molar-refractivity contribution in [2.45, 2.75) is 37.4 Å². The molecule has 1 N–H and O–H groups in total. The lowest BCUT2D eigenvalue weighted by Crippen LogP contribution is -2.37. The predicted molar refractivity (Wildman–Crippen MR) is 179 cm³/mol. The van der Waals surface area contributed by atoms with Gasteiger partial charge >= 0.3 is 0 Å². The Morgan fingerprint density at radius 1 is 0.891 bits per heavy atom. The highest BCUT2D eigenvalue weighted by Crippen LogP contribution is 2.36. The normalized spacial score (nSPS) is 16.4. The van der Waals surface area contributed by atoms with Crippen molar-refractivity contribution in [3.05, 3.63) is 94.6 Å². The molecule has 0 saturated carbocycles. The number of hydrogen-bond acceptors (Lipinski definition) is 7. The second-order valence-corrected chi connectivity index (χ2v) is 15.8. The first-order valence-corrected chi connectivity index (χ1v) is 19.1. The van der Waals surface area contributed by atoms with E-state index in [2.05, 4.69) is 14.3 Å². The number of benzene rings is 3. The monoisotopic (exact) mass is 683 g/mol. The van der Waals surface area contributed by atoms with Crippen molar-refractivity contribution in [1.29, 1.82) is 0 Å². The third-order valence-corrected chi connectivity index (χ3v) is 11.5. The summed E-state index contributed by atoms with van der Waals surface area (Å²) in [4.78, 5) is 2.62. The van der Waals surface area contributed by atoms with E-state index in [9.17, 15) is 16.8 Å². The smallest absolute Gasteiger partial charge is 0.240 e. The van der Waals surface area contributed by atoms with E-state index in [-0.39, 0.29) is 18.0 Å². The van der Waals surface area contributed by atoms with Gasteiger partial charge in [-0.3, -0.25) is 9.58 Å². The molecule has 244 valence electrons. The van der Waals surface area contributed by atoms with Crippen molar-refractivity contribution in [3.8, 4) is 22.4 Å². The van der Waals surface area contributed by atoms with Crippen LogP contribution < -0.4 is 4.72 Å². The summed E-state index contributed by atoms with van der Waals surface area (Å²) in [6.07, 6.45) is 2.78. The van der Waals surface area contributed by atoms with Crippen molar-refractivity contribution in [2.75, 3.05) is 45.6 Å². The summed E-state index contributed by atoms with van der Waals surface area (Å²) in [7, 11) is -6.99. The van der Waals surface area contributed by atoms with Crippen LogP contribution in [0.25, 0.3) is 22.4 Å². The van der Waals surface area contributed by atoms with Crippen molar-refractivity contribution >= 4 is 31.6 Å². The first-order valence-electron chi connectivity index (χ1n) is 15.4. The standard InChI is InChI=1S/C33H38ClN5O5S2/c1-45(40,41)38-17-14-32-30(24-38)33(36-39(32)16-5-15-37-18-20-44-21-19-37)27-12-13-31(34)29(22-27)26-10-8-25(9-11-26)23-35-46(42,43)28-6-3-2-4-7-28/h2-4,6-13,22,35H,5,14-21,23-24H2,1H3. The second kappa shape index (κ2) is 13.9. The van der Waals surface area contributed by atoms with E-state index < -0.39 is 20.0 Å². The number of aryl methyl sites for hydroxylation is 1. The number of halogens is 1. The Kier molecular flexibility index (Phi) is 9.95. The maximum atomic E-state index is 12.6. The lowest BCUT2D eigenvalue weighted by atomic mass is 9.97. The quantitative estimate of drug-likeness (QED) is 0.250. The van der Waals surface area contributed by atoms with Gasteiger partial charge in [0.05, 0.1) is 30.1 Å². The van der Waals surface area contributed by atoms with Gasteiger partial charge in [-0.2, -0.15) is 9.40 Å². The van der Waals surface area contributed by atoms with Gasteiger partial charge in [-0.15, -0.1) is 0 Å². The molecule has 10 nitrogen and oxygen atoms in total. The molecule has 0 amide bonds. The minimum atomic E-state index is -3.62. The Morgan fingerprint density at radius 2 is 1.61 bits per heavy atom. The molecule has 3 aromatic carbocycles. The highest BCUT2D eigenvalue weighted by Gasteiger charge is 2.30. The van der Waals surface area contributed by atoms with Crippen LogP contribution in [0.3, 0.4) is 0 Å². The fraction of sp³-hybridized carbons (Fsp3) is 0.364. The van der Waals surface area contributed by atoms with Crippen LogP contribution in [-0.2, 0) is 50.8 Å². The summed E-state index contributed by atoms with van der Waals surface area (Å²) in [6, 6.07) is 21.6. The molecule has 1 fully saturated rings. The first kappa shape index (κ1) is 32.8. The molecular weight excluding hydrogens is 646 g/mol. The number of hydrogen-bond donors (Lipinski definition) is 1. The molecule has 0 radical (unpaired) electrons. The van der Waals surface area contributed by atoms with Gasteiger partial charge in [-0.25, -0.2) is 21.6 Å². The van der Waals surface area contributed by atoms with Gasteiger partial charge in [-0.05, 0) is 41.8 Å². The summed E-state index contributed by atoms with van der Waals surface area (Å²) in [5.74, 6) is 0. The van der Waals surface area contributed by atoms with Crippen LogP contribution in [0.2, 0.25) is 5.02 Å². The van der Waals surface area contributed by atoms with Crippen molar-refractivity contribution in [3.63, 3.8) is 0 Å². The second-order valence-electron chi connectivity index (χ2n) is 11.7. The fourth-order valence-electron chi connectivity index (χ4n) is 5.99. The minimum absolute atomic E-state index is 0.150. The molecule has 0 atom stereocenters. The molecule has 2 aliphatic heterocycles. The molecular formula is C33H38ClN5O5S2. The van der Waals surface area contributed by atoms with Gasteiger partial charge < -0.3 is 4.74 Å². The van der Waals surface area contributed by atoms with Crippen LogP contribution in [0.1, 0.15) is 23.2 Å². The van der Waals surface area contributed by atoms with E-state index in [1.165, 1.54) is 10.6 Å². The van der Waals surface area contributed by atoms with E-state index in [4.69, 9.17) is 21.4 Å². The highest BCUT2D eigenvalue weighted by molar-refractivity contribution is 7.89. The number of ether oxygens (including phenoxy) is 1. The van der Waals surface area contributed by atoms with E-state index in [1.54, 1.807) is 30.3 Å². The summed E-state index contributed by atoms with van der Waals surface area (Å²) in [5, 5.41) is 5.62. The summed E-state index contributed by atoms with van der Waals surface area (Å²) < 4.78 is 62.0. The number of rotatable bonds is 11. The topological polar surface area (TPSA) is 114 Å². The lowest BCUT2D eigenvalue weighted by molar-refractivity contribution is 0.0368. The van der Waals surface area contributed by atoms with E-state index in [1.807, 2.05) is 42.5 Å². The zero-order valence-corrected chi connectivity index (χ0v) is 28.1. The van der Waals surface area contributed by atoms with Gasteiger partial charge in [0.15, 0.2) is 0 Å². The van der Waals surface area contributed by atoms with Crippen molar-refractivity contribution in [2.24, 2.45) is 0 Å². The van der Waals surface area contributed by atoms with E-state index >= 15 is 0 Å². The van der Waals surface area contributed by atoms with Gasteiger partial charge in [0.1, 0.15) is 0 Å². The predicted octanol–water partition coefficient (Wildman–Crippen LogP) is 4.39. The van der Waals surface area contributed by atoms with E-state index in [0.717, 1.165) is 85.0 Å². The zero-order valence-electron chi connectivity index (χ0n) is 25.7. The van der Waals surface area contributed by atoms with Gasteiger partial charge in [0.25, 0.3) is 0 Å². The molecule has 0 spiro atoms. The average Bonchev–Trinajstić information content (AvgIpc) is 3.43. The maximum Gasteiger partial charge on any atom is 0.240 e. The number of nitrogens with zero attached hydrogens (tertiary/aromatic N) is 4. The highest BCUT2D eigenvalue weighted by atomic mass is 35.5. The van der Waals surface area contributed by atoms with Crippen molar-refractivity contribution in [1.82, 2.24) is 23.7 Å². The van der Waals surface area contributed by atoms with Gasteiger partial charge in [0, 0.05) is 79.6 Å². The molecule has 6 rings (SSSR count). The number of nitrogens with one attached hydrogen (secondary N) is 1. The van der Waals surface area contributed by atoms with Crippen molar-refractivity contribution < 1.29 is 21.6 Å². The Morgan fingerprint density at radius 3 is 2.33 bits per heavy atom. The van der Waals surface area contributed by atoms with E-state index in [0.29, 0.717) is 18.0 Å². The maximum absolute atomic E-state index is 12.6. The summed E-state index contributed by atoms with van der Waals surface area (Å²) in [6.45, 7) is 5.95. The summed E-state index contributed by atoms with van der Waals surface area (Å²) in [5.41, 5.74) is 6.12. The summed E-state index contributed by atoms with van der Waals surface area (Å²) >= 11 is 6.70. The van der Waals surface area contributed by atoms with Gasteiger partial charge in [0.2, 0.25) is 20.0 Å². The van der Waals surface area contributed by atoms with Crippen LogP contribution >= 0.6 is 11.6 Å². The average molecular weight is 684 g/mol. The molecule has 3 heterocycles. The number of fused-ring (bicyclic) bond motifs is 1. The molecule has 0 bridgehead atoms. The zero-order chi connectivity index (χ0) is 32.3. The molecule has 1 aromatic heterocycles. The number of aromatic nitrogens is 2. The molecule has 2 aliphatic rings.